The van der Waals surface area contributed by atoms with E-state index in [-0.39, 0.29) is 22.3 Å². The average Bonchev–Trinajstić information content (AvgIpc) is 2.80. The van der Waals surface area contributed by atoms with Crippen LogP contribution in [0.3, 0.4) is 0 Å². The Morgan fingerprint density at radius 2 is 1.76 bits per heavy atom. The molecule has 1 aromatic rings. The van der Waals surface area contributed by atoms with E-state index < -0.39 is 0 Å². The van der Waals surface area contributed by atoms with Crippen LogP contribution in [0.15, 0.2) is 17.0 Å². The average molecular weight is 359 g/mol. The number of benzene rings is 1. The maximum absolute atomic E-state index is 12.7. The van der Waals surface area contributed by atoms with Crippen molar-refractivity contribution < 1.29 is 14.7 Å². The van der Waals surface area contributed by atoms with Gasteiger partial charge in [0.05, 0.1) is 4.91 Å². The number of hydrogen-bond acceptors (Lipinski definition) is 4. The van der Waals surface area contributed by atoms with Gasteiger partial charge in [-0.1, -0.05) is 26.2 Å². The summed E-state index contributed by atoms with van der Waals surface area (Å²) in [5.74, 6) is 0.0839. The molecular formula is C20H25NO3S. The lowest BCUT2D eigenvalue weighted by Crippen LogP contribution is -2.39. The van der Waals surface area contributed by atoms with Crippen LogP contribution in [0.2, 0.25) is 0 Å². The number of aryl methyl sites for hydroxylation is 2. The molecule has 1 saturated heterocycles. The van der Waals surface area contributed by atoms with Crippen molar-refractivity contribution in [3.8, 4) is 5.75 Å². The molecule has 1 aromatic carbocycles. The van der Waals surface area contributed by atoms with Gasteiger partial charge in [0, 0.05) is 6.54 Å². The second-order valence-corrected chi connectivity index (χ2v) is 8.64. The summed E-state index contributed by atoms with van der Waals surface area (Å²) in [6.07, 6.45) is 7.50. The summed E-state index contributed by atoms with van der Waals surface area (Å²) in [7, 11) is 0. The summed E-state index contributed by atoms with van der Waals surface area (Å²) in [5, 5.41) is 9.71. The topological polar surface area (TPSA) is 57.6 Å². The van der Waals surface area contributed by atoms with Crippen molar-refractivity contribution in [3.05, 3.63) is 33.7 Å². The Labute approximate surface area is 153 Å². The van der Waals surface area contributed by atoms with Crippen LogP contribution in [-0.2, 0) is 4.79 Å². The quantitative estimate of drug-likeness (QED) is 0.770. The largest absolute Gasteiger partial charge is 0.507 e. The molecular weight excluding hydrogens is 334 g/mol. The van der Waals surface area contributed by atoms with Crippen LogP contribution in [0.25, 0.3) is 6.08 Å². The van der Waals surface area contributed by atoms with E-state index >= 15 is 0 Å². The van der Waals surface area contributed by atoms with Gasteiger partial charge in [-0.25, -0.2) is 0 Å². The second kappa shape index (κ2) is 6.87. The zero-order valence-electron chi connectivity index (χ0n) is 15.1. The van der Waals surface area contributed by atoms with E-state index in [0.29, 0.717) is 11.4 Å². The number of amides is 2. The van der Waals surface area contributed by atoms with Gasteiger partial charge in [-0.3, -0.25) is 14.5 Å². The van der Waals surface area contributed by atoms with Crippen molar-refractivity contribution in [1.82, 2.24) is 4.90 Å². The Morgan fingerprint density at radius 1 is 1.16 bits per heavy atom. The molecule has 2 fully saturated rings. The molecule has 0 spiro atoms. The van der Waals surface area contributed by atoms with Gasteiger partial charge in [-0.05, 0) is 78.8 Å². The monoisotopic (exact) mass is 359 g/mol. The highest BCUT2D eigenvalue weighted by atomic mass is 32.2. The van der Waals surface area contributed by atoms with Crippen LogP contribution in [0.1, 0.15) is 55.7 Å². The SMILES string of the molecule is Cc1cc(/C=C2\SC(=O)N(CC3(C)CCCCC3)C2=O)cc(C)c1O. The highest BCUT2D eigenvalue weighted by Gasteiger charge is 2.40. The molecule has 2 aliphatic rings. The molecule has 1 saturated carbocycles. The van der Waals surface area contributed by atoms with E-state index in [1.165, 1.54) is 24.2 Å². The maximum atomic E-state index is 12.7. The molecule has 0 bridgehead atoms. The number of imide groups is 1. The third-order valence-corrected chi connectivity index (χ3v) is 6.19. The number of nitrogens with zero attached hydrogens (tertiary/aromatic N) is 1. The summed E-state index contributed by atoms with van der Waals surface area (Å²) in [6.45, 7) is 6.36. The van der Waals surface area contributed by atoms with Crippen molar-refractivity contribution in [2.75, 3.05) is 6.54 Å². The molecule has 1 heterocycles. The first-order valence-corrected chi connectivity index (χ1v) is 9.66. The van der Waals surface area contributed by atoms with Gasteiger partial charge in [-0.15, -0.1) is 0 Å². The number of hydrogen-bond donors (Lipinski definition) is 1. The highest BCUT2D eigenvalue weighted by molar-refractivity contribution is 8.18. The molecule has 1 N–H and O–H groups in total. The van der Waals surface area contributed by atoms with Gasteiger partial charge < -0.3 is 5.11 Å². The smallest absolute Gasteiger partial charge is 0.293 e. The molecule has 0 atom stereocenters. The number of phenols is 1. The first-order valence-electron chi connectivity index (χ1n) is 8.85. The first kappa shape index (κ1) is 18.1. The molecule has 3 rings (SSSR count). The maximum Gasteiger partial charge on any atom is 0.293 e. The van der Waals surface area contributed by atoms with E-state index in [1.807, 2.05) is 26.0 Å². The van der Waals surface area contributed by atoms with E-state index in [4.69, 9.17) is 0 Å². The van der Waals surface area contributed by atoms with Crippen molar-refractivity contribution in [1.29, 1.82) is 0 Å². The summed E-state index contributed by atoms with van der Waals surface area (Å²) in [4.78, 5) is 27.0. The van der Waals surface area contributed by atoms with Crippen molar-refractivity contribution in [2.24, 2.45) is 5.41 Å². The Bertz CT molecular complexity index is 724. The Balaban J connectivity index is 1.81. The number of carbonyl (C=O) groups is 2. The van der Waals surface area contributed by atoms with Gasteiger partial charge in [0.2, 0.25) is 0 Å². The molecule has 0 aromatic heterocycles. The van der Waals surface area contributed by atoms with Crippen LogP contribution in [-0.4, -0.2) is 27.7 Å². The molecule has 1 aliphatic carbocycles. The standard InChI is InChI=1S/C20H25NO3S/c1-13-9-15(10-14(2)17(13)22)11-16-18(23)21(19(24)25-16)12-20(3)7-5-4-6-8-20/h9-11,22H,4-8,12H2,1-3H3/b16-11-. The van der Waals surface area contributed by atoms with Crippen LogP contribution in [0, 0.1) is 19.3 Å². The van der Waals surface area contributed by atoms with Gasteiger partial charge >= 0.3 is 0 Å². The van der Waals surface area contributed by atoms with Crippen molar-refractivity contribution in [3.63, 3.8) is 0 Å². The Hall–Kier alpha value is -1.75. The Morgan fingerprint density at radius 3 is 2.36 bits per heavy atom. The van der Waals surface area contributed by atoms with E-state index in [2.05, 4.69) is 6.92 Å². The number of rotatable bonds is 3. The number of aromatic hydroxyl groups is 1. The van der Waals surface area contributed by atoms with E-state index in [9.17, 15) is 14.7 Å². The lowest BCUT2D eigenvalue weighted by atomic mass is 9.75. The third kappa shape index (κ3) is 3.76. The minimum atomic E-state index is -0.190. The van der Waals surface area contributed by atoms with Crippen molar-refractivity contribution in [2.45, 2.75) is 52.9 Å². The predicted molar refractivity (Wildman–Crippen MR) is 101 cm³/mol. The van der Waals surface area contributed by atoms with Gasteiger partial charge in [0.15, 0.2) is 0 Å². The molecule has 4 nitrogen and oxygen atoms in total. The zero-order valence-corrected chi connectivity index (χ0v) is 15.9. The van der Waals surface area contributed by atoms with Crippen LogP contribution in [0.4, 0.5) is 4.79 Å². The fourth-order valence-electron chi connectivity index (χ4n) is 3.81. The lowest BCUT2D eigenvalue weighted by molar-refractivity contribution is -0.124. The number of phenolic OH excluding ortho intramolecular Hbond substituents is 1. The molecule has 1 aliphatic heterocycles. The van der Waals surface area contributed by atoms with Crippen LogP contribution < -0.4 is 0 Å². The Kier molecular flexibility index (Phi) is 4.96. The molecule has 25 heavy (non-hydrogen) atoms. The molecule has 0 unspecified atom stereocenters. The van der Waals surface area contributed by atoms with Gasteiger partial charge in [0.25, 0.3) is 11.1 Å². The lowest BCUT2D eigenvalue weighted by Gasteiger charge is -2.35. The second-order valence-electron chi connectivity index (χ2n) is 7.64. The minimum absolute atomic E-state index is 0.0469. The first-order chi connectivity index (χ1) is 11.8. The number of thioether (sulfide) groups is 1. The summed E-state index contributed by atoms with van der Waals surface area (Å²) >= 11 is 1.02. The third-order valence-electron chi connectivity index (χ3n) is 5.29. The summed E-state index contributed by atoms with van der Waals surface area (Å²) in [5.41, 5.74) is 2.41. The van der Waals surface area contributed by atoms with Crippen molar-refractivity contribution >= 4 is 29.0 Å². The summed E-state index contributed by atoms with van der Waals surface area (Å²) < 4.78 is 0. The molecule has 134 valence electrons. The normalized spacial score (nSPS) is 22.0. The minimum Gasteiger partial charge on any atom is -0.507 e. The van der Waals surface area contributed by atoms with E-state index in [0.717, 1.165) is 41.3 Å². The van der Waals surface area contributed by atoms with Gasteiger partial charge in [0.1, 0.15) is 5.75 Å². The fraction of sp³-hybridized carbons (Fsp3) is 0.500. The van der Waals surface area contributed by atoms with Crippen LogP contribution >= 0.6 is 11.8 Å². The molecule has 2 amide bonds. The molecule has 0 radical (unpaired) electrons. The molecule has 5 heteroatoms. The fourth-order valence-corrected chi connectivity index (χ4v) is 4.64. The van der Waals surface area contributed by atoms with E-state index in [1.54, 1.807) is 6.08 Å². The zero-order chi connectivity index (χ0) is 18.2. The van der Waals surface area contributed by atoms with Crippen LogP contribution in [0.5, 0.6) is 5.75 Å². The highest BCUT2D eigenvalue weighted by Crippen LogP contribution is 2.40. The summed E-state index contributed by atoms with van der Waals surface area (Å²) in [6, 6.07) is 3.66. The van der Waals surface area contributed by atoms with Gasteiger partial charge in [-0.2, -0.15) is 0 Å². The number of carbonyl (C=O) groups excluding carboxylic acids is 2. The predicted octanol–water partition coefficient (Wildman–Crippen LogP) is 5.02.